The van der Waals surface area contributed by atoms with Crippen LogP contribution in [0.3, 0.4) is 0 Å². The van der Waals surface area contributed by atoms with Crippen LogP contribution < -0.4 is 5.73 Å². The number of nitrogens with two attached hydrogens (primary N) is 1. The van der Waals surface area contributed by atoms with E-state index in [4.69, 9.17) is 5.73 Å². The molecule has 4 nitrogen and oxygen atoms in total. The molecule has 0 spiro atoms. The van der Waals surface area contributed by atoms with Crippen LogP contribution in [0.25, 0.3) is 0 Å². The third-order valence-corrected chi connectivity index (χ3v) is 3.00. The third kappa shape index (κ3) is 1.75. The molecule has 14 heavy (non-hydrogen) atoms. The first-order chi connectivity index (χ1) is 6.81. The Labute approximate surface area is 84.5 Å². The summed E-state index contributed by atoms with van der Waals surface area (Å²) in [4.78, 5) is 2.48. The molecule has 1 unspecified atom stereocenters. The largest absolute Gasteiger partial charge is 0.382 e. The zero-order valence-electron chi connectivity index (χ0n) is 8.66. The predicted octanol–water partition coefficient (Wildman–Crippen LogP) is 1.54. The first kappa shape index (κ1) is 9.52. The number of anilines is 1. The molecule has 1 saturated heterocycles. The Morgan fingerprint density at radius 3 is 3.14 bits per heavy atom. The molecule has 78 valence electrons. The van der Waals surface area contributed by atoms with Gasteiger partial charge in [0.25, 0.3) is 0 Å². The Kier molecular flexibility index (Phi) is 2.72. The van der Waals surface area contributed by atoms with E-state index in [-0.39, 0.29) is 0 Å². The molecule has 0 radical (unpaired) electrons. The highest BCUT2D eigenvalue weighted by Gasteiger charge is 2.23. The van der Waals surface area contributed by atoms with Gasteiger partial charge >= 0.3 is 0 Å². The number of H-pyrrole nitrogens is 1. The molecule has 0 saturated carbocycles. The van der Waals surface area contributed by atoms with Gasteiger partial charge in [0.1, 0.15) is 5.82 Å². The van der Waals surface area contributed by atoms with Crippen LogP contribution in [-0.4, -0.2) is 28.2 Å². The molecular formula is C10H18N4. The summed E-state index contributed by atoms with van der Waals surface area (Å²) >= 11 is 0. The number of aromatic nitrogens is 2. The van der Waals surface area contributed by atoms with Crippen molar-refractivity contribution in [2.75, 3.05) is 18.8 Å². The normalized spacial score (nSPS) is 23.9. The average molecular weight is 194 g/mol. The summed E-state index contributed by atoms with van der Waals surface area (Å²) in [6.07, 6.45) is 3.84. The lowest BCUT2D eigenvalue weighted by Gasteiger charge is -2.33. The maximum atomic E-state index is 5.61. The van der Waals surface area contributed by atoms with Crippen LogP contribution in [0.15, 0.2) is 6.07 Å². The number of aromatic amines is 1. The molecule has 0 aromatic carbocycles. The highest BCUT2D eigenvalue weighted by Crippen LogP contribution is 2.29. The van der Waals surface area contributed by atoms with Crippen molar-refractivity contribution in [2.24, 2.45) is 0 Å². The number of nitrogens with one attached hydrogen (secondary N) is 1. The molecule has 2 rings (SSSR count). The second kappa shape index (κ2) is 4.00. The smallest absolute Gasteiger partial charge is 0.145 e. The van der Waals surface area contributed by atoms with Crippen molar-refractivity contribution in [2.45, 2.75) is 32.2 Å². The summed E-state index contributed by atoms with van der Waals surface area (Å²) in [5.41, 5.74) is 6.78. The number of hydrogen-bond donors (Lipinski definition) is 2. The minimum Gasteiger partial charge on any atom is -0.382 e. The SMILES string of the molecule is CCN1CCCCC1c1cc(N)n[nH]1. The number of nitrogens with zero attached hydrogens (tertiary/aromatic N) is 2. The van der Waals surface area contributed by atoms with E-state index >= 15 is 0 Å². The van der Waals surface area contributed by atoms with Crippen molar-refractivity contribution in [3.63, 3.8) is 0 Å². The van der Waals surface area contributed by atoms with Crippen molar-refractivity contribution in [3.05, 3.63) is 11.8 Å². The van der Waals surface area contributed by atoms with Crippen molar-refractivity contribution in [1.29, 1.82) is 0 Å². The summed E-state index contributed by atoms with van der Waals surface area (Å²) in [6.45, 7) is 4.50. The van der Waals surface area contributed by atoms with Gasteiger partial charge in [-0.2, -0.15) is 5.10 Å². The molecule has 0 amide bonds. The van der Waals surface area contributed by atoms with Gasteiger partial charge in [0.05, 0.1) is 11.7 Å². The predicted molar refractivity (Wildman–Crippen MR) is 56.8 cm³/mol. The lowest BCUT2D eigenvalue weighted by Crippen LogP contribution is -2.33. The number of likely N-dealkylation sites (tertiary alicyclic amines) is 1. The quantitative estimate of drug-likeness (QED) is 0.750. The van der Waals surface area contributed by atoms with Crippen LogP contribution in [0.2, 0.25) is 0 Å². The zero-order valence-corrected chi connectivity index (χ0v) is 8.66. The van der Waals surface area contributed by atoms with E-state index in [2.05, 4.69) is 22.0 Å². The van der Waals surface area contributed by atoms with Crippen molar-refractivity contribution in [3.8, 4) is 0 Å². The van der Waals surface area contributed by atoms with Crippen LogP contribution in [-0.2, 0) is 0 Å². The second-order valence-electron chi connectivity index (χ2n) is 3.89. The highest BCUT2D eigenvalue weighted by molar-refractivity contribution is 5.30. The fourth-order valence-corrected chi connectivity index (χ4v) is 2.25. The minimum atomic E-state index is 0.499. The fourth-order valence-electron chi connectivity index (χ4n) is 2.25. The van der Waals surface area contributed by atoms with E-state index in [1.54, 1.807) is 0 Å². The molecule has 1 aliphatic heterocycles. The van der Waals surface area contributed by atoms with E-state index in [9.17, 15) is 0 Å². The van der Waals surface area contributed by atoms with Crippen LogP contribution in [0.4, 0.5) is 5.82 Å². The highest BCUT2D eigenvalue weighted by atomic mass is 15.2. The van der Waals surface area contributed by atoms with Gasteiger partial charge in [0, 0.05) is 6.07 Å². The number of rotatable bonds is 2. The van der Waals surface area contributed by atoms with Gasteiger partial charge in [-0.05, 0) is 25.9 Å². The van der Waals surface area contributed by atoms with Crippen molar-refractivity contribution >= 4 is 5.82 Å². The molecule has 4 heteroatoms. The molecule has 0 aliphatic carbocycles. The van der Waals surface area contributed by atoms with Gasteiger partial charge in [-0.3, -0.25) is 10.00 Å². The third-order valence-electron chi connectivity index (χ3n) is 3.00. The molecular weight excluding hydrogens is 176 g/mol. The van der Waals surface area contributed by atoms with E-state index in [0.29, 0.717) is 11.9 Å². The number of nitrogen functional groups attached to an aromatic ring is 1. The molecule has 2 heterocycles. The lowest BCUT2D eigenvalue weighted by atomic mass is 9.99. The summed E-state index contributed by atoms with van der Waals surface area (Å²) in [7, 11) is 0. The molecule has 3 N–H and O–H groups in total. The van der Waals surface area contributed by atoms with Gasteiger partial charge in [0.2, 0.25) is 0 Å². The Morgan fingerprint density at radius 2 is 2.50 bits per heavy atom. The van der Waals surface area contributed by atoms with Gasteiger partial charge < -0.3 is 5.73 Å². The summed E-state index contributed by atoms with van der Waals surface area (Å²) in [5.74, 6) is 0.599. The molecule has 0 bridgehead atoms. The van der Waals surface area contributed by atoms with E-state index in [1.807, 2.05) is 6.07 Å². The maximum absolute atomic E-state index is 5.61. The van der Waals surface area contributed by atoms with Gasteiger partial charge in [0.15, 0.2) is 0 Å². The fraction of sp³-hybridized carbons (Fsp3) is 0.700. The molecule has 1 fully saturated rings. The summed E-state index contributed by atoms with van der Waals surface area (Å²) in [5, 5.41) is 7.01. The maximum Gasteiger partial charge on any atom is 0.145 e. The van der Waals surface area contributed by atoms with Crippen LogP contribution in [0.1, 0.15) is 37.9 Å². The van der Waals surface area contributed by atoms with Crippen LogP contribution >= 0.6 is 0 Å². The zero-order chi connectivity index (χ0) is 9.97. The van der Waals surface area contributed by atoms with Crippen molar-refractivity contribution < 1.29 is 0 Å². The molecule has 1 aromatic rings. The number of hydrogen-bond acceptors (Lipinski definition) is 3. The average Bonchev–Trinajstić information content (AvgIpc) is 2.65. The first-order valence-electron chi connectivity index (χ1n) is 5.36. The van der Waals surface area contributed by atoms with Crippen molar-refractivity contribution in [1.82, 2.24) is 15.1 Å². The first-order valence-corrected chi connectivity index (χ1v) is 5.36. The summed E-state index contributed by atoms with van der Waals surface area (Å²) in [6, 6.07) is 2.46. The Morgan fingerprint density at radius 1 is 1.64 bits per heavy atom. The second-order valence-corrected chi connectivity index (χ2v) is 3.89. The Bertz CT molecular complexity index is 294. The number of piperidine rings is 1. The Hall–Kier alpha value is -1.03. The van der Waals surface area contributed by atoms with E-state index in [1.165, 1.54) is 31.5 Å². The molecule has 1 atom stereocenters. The van der Waals surface area contributed by atoms with Crippen LogP contribution in [0, 0.1) is 0 Å². The minimum absolute atomic E-state index is 0.499. The standard InChI is InChI=1S/C10H18N4/c1-2-14-6-4-3-5-9(14)8-7-10(11)13-12-8/h7,9H,2-6H2,1H3,(H3,11,12,13). The van der Waals surface area contributed by atoms with Gasteiger partial charge in [-0.1, -0.05) is 13.3 Å². The van der Waals surface area contributed by atoms with Crippen LogP contribution in [0.5, 0.6) is 0 Å². The van der Waals surface area contributed by atoms with Gasteiger partial charge in [-0.25, -0.2) is 0 Å². The van der Waals surface area contributed by atoms with E-state index < -0.39 is 0 Å². The summed E-state index contributed by atoms with van der Waals surface area (Å²) < 4.78 is 0. The van der Waals surface area contributed by atoms with E-state index in [0.717, 1.165) is 6.54 Å². The lowest BCUT2D eigenvalue weighted by molar-refractivity contribution is 0.154. The molecule has 1 aromatic heterocycles. The monoisotopic (exact) mass is 194 g/mol. The van der Waals surface area contributed by atoms with Gasteiger partial charge in [-0.15, -0.1) is 0 Å². The molecule has 1 aliphatic rings. The Balaban J connectivity index is 2.14. The topological polar surface area (TPSA) is 57.9 Å².